The Morgan fingerprint density at radius 3 is 2.69 bits per heavy atom. The molecule has 0 radical (unpaired) electrons. The Balaban J connectivity index is 3.28. The summed E-state index contributed by atoms with van der Waals surface area (Å²) in [5, 5.41) is 10.5. The Morgan fingerprint density at radius 1 is 1.62 bits per heavy atom. The third-order valence-electron chi connectivity index (χ3n) is 1.74. The third kappa shape index (κ3) is 2.27. The number of carbonyl (C=O) groups is 1. The largest absolute Gasteiger partial charge is 0.464 e. The van der Waals surface area contributed by atoms with Gasteiger partial charge in [0.25, 0.3) is 12.1 Å². The van der Waals surface area contributed by atoms with E-state index in [1.807, 2.05) is 0 Å². The predicted molar refractivity (Wildman–Crippen MR) is 47.2 cm³/mol. The van der Waals surface area contributed by atoms with Gasteiger partial charge in [0, 0.05) is 12.3 Å². The van der Waals surface area contributed by atoms with Crippen LogP contribution in [0, 0.1) is 10.1 Å². The van der Waals surface area contributed by atoms with Crippen molar-refractivity contribution in [2.75, 3.05) is 7.11 Å². The van der Waals surface area contributed by atoms with Gasteiger partial charge >= 0.3 is 5.97 Å². The first-order valence-corrected chi connectivity index (χ1v) is 3.98. The summed E-state index contributed by atoms with van der Waals surface area (Å²) in [5.74, 6) is -0.927. The average Bonchev–Trinajstić information content (AvgIpc) is 2.26. The highest BCUT2D eigenvalue weighted by atomic mass is 19.3. The van der Waals surface area contributed by atoms with Gasteiger partial charge in [0.15, 0.2) is 5.69 Å². The predicted octanol–water partition coefficient (Wildman–Crippen LogP) is 1.71. The first kappa shape index (κ1) is 12.0. The van der Waals surface area contributed by atoms with E-state index in [0.717, 1.165) is 7.11 Å². The Morgan fingerprint density at radius 2 is 2.25 bits per heavy atom. The number of esters is 1. The highest BCUT2D eigenvalue weighted by Gasteiger charge is 2.24. The zero-order chi connectivity index (χ0) is 12.3. The Labute approximate surface area is 88.0 Å². The molecule has 0 saturated carbocycles. The zero-order valence-electron chi connectivity index (χ0n) is 8.02. The van der Waals surface area contributed by atoms with Crippen LogP contribution < -0.4 is 0 Å². The third-order valence-corrected chi connectivity index (χ3v) is 1.74. The van der Waals surface area contributed by atoms with Crippen LogP contribution in [0.5, 0.6) is 0 Å². The number of rotatable bonds is 3. The molecule has 1 aromatic heterocycles. The summed E-state index contributed by atoms with van der Waals surface area (Å²) in [6, 6.07) is 0.660. The second-order valence-corrected chi connectivity index (χ2v) is 2.68. The quantitative estimate of drug-likeness (QED) is 0.450. The molecular weight excluding hydrogens is 226 g/mol. The van der Waals surface area contributed by atoms with E-state index in [0.29, 0.717) is 12.3 Å². The molecule has 1 aromatic rings. The van der Waals surface area contributed by atoms with Gasteiger partial charge in [-0.25, -0.2) is 18.6 Å². The fraction of sp³-hybridized carbons (Fsp3) is 0.250. The van der Waals surface area contributed by atoms with Crippen LogP contribution in [0.25, 0.3) is 0 Å². The SMILES string of the molecule is COC(=O)c1cc([N+](=O)[O-])c(C(F)F)cn1. The molecule has 0 unspecified atom stereocenters. The van der Waals surface area contributed by atoms with Crippen molar-refractivity contribution in [1.29, 1.82) is 0 Å². The number of nitro groups is 1. The van der Waals surface area contributed by atoms with Crippen LogP contribution in [0.4, 0.5) is 14.5 Å². The van der Waals surface area contributed by atoms with Crippen molar-refractivity contribution in [3.8, 4) is 0 Å². The van der Waals surface area contributed by atoms with Gasteiger partial charge < -0.3 is 4.74 Å². The smallest absolute Gasteiger partial charge is 0.356 e. The number of ether oxygens (including phenoxy) is 1. The molecule has 8 heteroatoms. The van der Waals surface area contributed by atoms with Gasteiger partial charge in [-0.05, 0) is 0 Å². The molecule has 0 saturated heterocycles. The van der Waals surface area contributed by atoms with Crippen molar-refractivity contribution in [2.24, 2.45) is 0 Å². The molecule has 16 heavy (non-hydrogen) atoms. The number of hydrogen-bond donors (Lipinski definition) is 0. The Bertz CT molecular complexity index is 436. The number of pyridine rings is 1. The number of halogens is 2. The summed E-state index contributed by atoms with van der Waals surface area (Å²) in [4.78, 5) is 23.8. The molecule has 0 spiro atoms. The maximum absolute atomic E-state index is 12.3. The summed E-state index contributed by atoms with van der Waals surface area (Å²) in [6.07, 6.45) is -2.44. The van der Waals surface area contributed by atoms with E-state index in [2.05, 4.69) is 9.72 Å². The topological polar surface area (TPSA) is 82.3 Å². The van der Waals surface area contributed by atoms with E-state index < -0.39 is 34.3 Å². The molecule has 1 heterocycles. The fourth-order valence-corrected chi connectivity index (χ4v) is 0.998. The normalized spacial score (nSPS) is 10.2. The van der Waals surface area contributed by atoms with Crippen molar-refractivity contribution in [2.45, 2.75) is 6.43 Å². The maximum Gasteiger partial charge on any atom is 0.356 e. The molecule has 0 aliphatic rings. The number of methoxy groups -OCH3 is 1. The molecule has 0 aliphatic carbocycles. The summed E-state index contributed by atoms with van der Waals surface area (Å²) in [5.41, 5.74) is -2.08. The summed E-state index contributed by atoms with van der Waals surface area (Å²) in [6.45, 7) is 0. The molecule has 6 nitrogen and oxygen atoms in total. The molecule has 0 amide bonds. The molecule has 0 N–H and O–H groups in total. The maximum atomic E-state index is 12.3. The monoisotopic (exact) mass is 232 g/mol. The van der Waals surface area contributed by atoms with Crippen LogP contribution in [-0.2, 0) is 4.74 Å². The summed E-state index contributed by atoms with van der Waals surface area (Å²) >= 11 is 0. The van der Waals surface area contributed by atoms with Crippen molar-refractivity contribution >= 4 is 11.7 Å². The van der Waals surface area contributed by atoms with Gasteiger partial charge in [-0.15, -0.1) is 0 Å². The first-order valence-electron chi connectivity index (χ1n) is 3.98. The van der Waals surface area contributed by atoms with E-state index in [9.17, 15) is 23.7 Å². The molecule has 1 rings (SSSR count). The minimum atomic E-state index is -3.03. The summed E-state index contributed by atoms with van der Waals surface area (Å²) in [7, 11) is 1.05. The highest BCUT2D eigenvalue weighted by molar-refractivity contribution is 5.87. The van der Waals surface area contributed by atoms with Gasteiger partial charge in [-0.2, -0.15) is 0 Å². The van der Waals surface area contributed by atoms with Crippen molar-refractivity contribution in [3.05, 3.63) is 33.6 Å². The highest BCUT2D eigenvalue weighted by Crippen LogP contribution is 2.28. The molecular formula is C8H6F2N2O4. The van der Waals surface area contributed by atoms with E-state index in [4.69, 9.17) is 0 Å². The molecule has 0 aliphatic heterocycles. The van der Waals surface area contributed by atoms with Crippen LogP contribution in [0.2, 0.25) is 0 Å². The number of aromatic nitrogens is 1. The molecule has 0 aromatic carbocycles. The fourth-order valence-electron chi connectivity index (χ4n) is 0.998. The van der Waals surface area contributed by atoms with Gasteiger partial charge in [-0.3, -0.25) is 10.1 Å². The number of hydrogen-bond acceptors (Lipinski definition) is 5. The molecule has 0 bridgehead atoms. The Hall–Kier alpha value is -2.12. The lowest BCUT2D eigenvalue weighted by atomic mass is 10.2. The van der Waals surface area contributed by atoms with Crippen molar-refractivity contribution < 1.29 is 23.2 Å². The molecule has 0 atom stereocenters. The van der Waals surface area contributed by atoms with Crippen LogP contribution in [-0.4, -0.2) is 23.0 Å². The number of alkyl halides is 2. The molecule has 86 valence electrons. The summed E-state index contributed by atoms with van der Waals surface area (Å²) < 4.78 is 28.9. The van der Waals surface area contributed by atoms with Gasteiger partial charge in [0.05, 0.1) is 12.0 Å². The lowest BCUT2D eigenvalue weighted by Gasteiger charge is -2.02. The van der Waals surface area contributed by atoms with Gasteiger partial charge in [0.2, 0.25) is 0 Å². The standard InChI is InChI=1S/C8H6F2N2O4/c1-16-8(13)5-2-6(12(14)15)4(3-11-5)7(9)10/h2-3,7H,1H3. The lowest BCUT2D eigenvalue weighted by Crippen LogP contribution is -2.07. The zero-order valence-corrected chi connectivity index (χ0v) is 8.02. The first-order chi connectivity index (χ1) is 7.47. The van der Waals surface area contributed by atoms with Crippen LogP contribution >= 0.6 is 0 Å². The minimum absolute atomic E-state index is 0.390. The lowest BCUT2D eigenvalue weighted by molar-refractivity contribution is -0.386. The minimum Gasteiger partial charge on any atom is -0.464 e. The second kappa shape index (κ2) is 4.60. The van der Waals surface area contributed by atoms with Crippen LogP contribution in [0.3, 0.4) is 0 Å². The van der Waals surface area contributed by atoms with Gasteiger partial charge in [0.1, 0.15) is 5.56 Å². The number of carbonyl (C=O) groups excluding carboxylic acids is 1. The van der Waals surface area contributed by atoms with Crippen LogP contribution in [0.1, 0.15) is 22.5 Å². The van der Waals surface area contributed by atoms with E-state index >= 15 is 0 Å². The van der Waals surface area contributed by atoms with E-state index in [-0.39, 0.29) is 0 Å². The second-order valence-electron chi connectivity index (χ2n) is 2.68. The van der Waals surface area contributed by atoms with E-state index in [1.165, 1.54) is 0 Å². The van der Waals surface area contributed by atoms with Crippen LogP contribution in [0.15, 0.2) is 12.3 Å². The van der Waals surface area contributed by atoms with Crippen molar-refractivity contribution in [3.63, 3.8) is 0 Å². The van der Waals surface area contributed by atoms with Crippen molar-refractivity contribution in [1.82, 2.24) is 4.98 Å². The number of nitrogens with zero attached hydrogens (tertiary/aromatic N) is 2. The molecule has 0 fully saturated rings. The van der Waals surface area contributed by atoms with E-state index in [1.54, 1.807) is 0 Å². The van der Waals surface area contributed by atoms with Gasteiger partial charge in [-0.1, -0.05) is 0 Å². The Kier molecular flexibility index (Phi) is 3.44. The average molecular weight is 232 g/mol.